The number of aryl methyl sites for hydroxylation is 1. The number of hydrogen-bond donors (Lipinski definition) is 3. The summed E-state index contributed by atoms with van der Waals surface area (Å²) < 4.78 is 14.7. The molecule has 7 heteroatoms. The molecule has 0 aliphatic carbocycles. The fourth-order valence-electron chi connectivity index (χ4n) is 1.84. The largest absolute Gasteiger partial charge is 0.491 e. The molecule has 1 amide bonds. The van der Waals surface area contributed by atoms with Crippen molar-refractivity contribution >= 4 is 40.1 Å². The van der Waals surface area contributed by atoms with Gasteiger partial charge in [0.2, 0.25) is 0 Å². The lowest BCUT2D eigenvalue weighted by atomic mass is 9.79. The van der Waals surface area contributed by atoms with Crippen LogP contribution in [-0.2, 0) is 0 Å². The summed E-state index contributed by atoms with van der Waals surface area (Å²) in [6.07, 6.45) is 0. The molecule has 2 aromatic carbocycles. The first-order valence-corrected chi connectivity index (χ1v) is 6.91. The van der Waals surface area contributed by atoms with Crippen LogP contribution >= 0.6 is 15.9 Å². The molecule has 0 saturated heterocycles. The molecular formula is C14H12BBrFNO3. The van der Waals surface area contributed by atoms with Crippen molar-refractivity contribution in [3.63, 3.8) is 0 Å². The predicted octanol–water partition coefficient (Wildman–Crippen LogP) is 1.83. The van der Waals surface area contributed by atoms with Crippen molar-refractivity contribution in [3.05, 3.63) is 57.8 Å². The fraction of sp³-hybridized carbons (Fsp3) is 0.0714. The predicted molar refractivity (Wildman–Crippen MR) is 83.1 cm³/mol. The van der Waals surface area contributed by atoms with Crippen LogP contribution in [0.5, 0.6) is 0 Å². The smallest absolute Gasteiger partial charge is 0.423 e. The summed E-state index contributed by atoms with van der Waals surface area (Å²) in [6, 6.07) is 9.19. The molecule has 0 aliphatic heterocycles. The average Bonchev–Trinajstić information content (AvgIpc) is 2.41. The van der Waals surface area contributed by atoms with E-state index in [1.54, 1.807) is 6.07 Å². The van der Waals surface area contributed by atoms with Gasteiger partial charge in [-0.2, -0.15) is 0 Å². The SMILES string of the molecule is Cc1ccc(NC(=O)c2cccc(B(O)O)c2F)c(Br)c1. The molecule has 0 aliphatic rings. The van der Waals surface area contributed by atoms with Crippen LogP contribution in [0.15, 0.2) is 40.9 Å². The first kappa shape index (κ1) is 15.7. The maximum absolute atomic E-state index is 14.0. The first-order chi connectivity index (χ1) is 9.90. The molecule has 2 aromatic rings. The molecule has 0 bridgehead atoms. The Morgan fingerprint density at radius 3 is 2.62 bits per heavy atom. The molecule has 0 atom stereocenters. The molecular weight excluding hydrogens is 340 g/mol. The van der Waals surface area contributed by atoms with Gasteiger partial charge in [-0.1, -0.05) is 18.2 Å². The molecule has 3 N–H and O–H groups in total. The summed E-state index contributed by atoms with van der Waals surface area (Å²) in [6.45, 7) is 1.90. The number of benzene rings is 2. The molecule has 0 unspecified atom stereocenters. The standard InChI is InChI=1S/C14H12BBrFNO3/c1-8-5-6-12(11(16)7-8)18-14(19)9-3-2-4-10(13(9)17)15(20)21/h2-7,20-21H,1H3,(H,18,19). The minimum atomic E-state index is -1.97. The second kappa shape index (κ2) is 6.38. The molecule has 0 aromatic heterocycles. The van der Waals surface area contributed by atoms with Crippen molar-refractivity contribution in [3.8, 4) is 0 Å². The van der Waals surface area contributed by atoms with Gasteiger partial charge in [0, 0.05) is 9.94 Å². The zero-order chi connectivity index (χ0) is 15.6. The quantitative estimate of drug-likeness (QED) is 0.739. The van der Waals surface area contributed by atoms with Crippen LogP contribution in [0.2, 0.25) is 0 Å². The zero-order valence-electron chi connectivity index (χ0n) is 11.1. The molecule has 0 heterocycles. The van der Waals surface area contributed by atoms with Gasteiger partial charge in [0.25, 0.3) is 5.91 Å². The summed E-state index contributed by atoms with van der Waals surface area (Å²) >= 11 is 3.32. The molecule has 4 nitrogen and oxygen atoms in total. The van der Waals surface area contributed by atoms with E-state index in [2.05, 4.69) is 21.2 Å². The van der Waals surface area contributed by atoms with Crippen molar-refractivity contribution in [2.24, 2.45) is 0 Å². The van der Waals surface area contributed by atoms with Crippen molar-refractivity contribution in [2.45, 2.75) is 6.92 Å². The Labute approximate surface area is 129 Å². The molecule has 0 spiro atoms. The summed E-state index contributed by atoms with van der Waals surface area (Å²) in [5.74, 6) is -1.62. The average molecular weight is 352 g/mol. The highest BCUT2D eigenvalue weighted by Gasteiger charge is 2.22. The summed E-state index contributed by atoms with van der Waals surface area (Å²) in [7, 11) is -1.97. The first-order valence-electron chi connectivity index (χ1n) is 6.12. The van der Waals surface area contributed by atoms with Gasteiger partial charge in [0.1, 0.15) is 5.82 Å². The monoisotopic (exact) mass is 351 g/mol. The highest BCUT2D eigenvalue weighted by molar-refractivity contribution is 9.10. The number of hydrogen-bond acceptors (Lipinski definition) is 3. The van der Waals surface area contributed by atoms with Crippen LogP contribution in [-0.4, -0.2) is 23.1 Å². The normalized spacial score (nSPS) is 10.3. The third-order valence-electron chi connectivity index (χ3n) is 2.92. The summed E-state index contributed by atoms with van der Waals surface area (Å²) in [4.78, 5) is 12.1. The van der Waals surface area contributed by atoms with Gasteiger partial charge < -0.3 is 15.4 Å². The Kier molecular flexibility index (Phi) is 4.77. The van der Waals surface area contributed by atoms with E-state index in [1.165, 1.54) is 18.2 Å². The van der Waals surface area contributed by atoms with Crippen molar-refractivity contribution < 1.29 is 19.2 Å². The molecule has 0 fully saturated rings. The maximum atomic E-state index is 14.0. The Hall–Kier alpha value is -1.70. The Balaban J connectivity index is 2.31. The van der Waals surface area contributed by atoms with Crippen molar-refractivity contribution in [2.75, 3.05) is 5.32 Å². The Morgan fingerprint density at radius 2 is 2.00 bits per heavy atom. The highest BCUT2D eigenvalue weighted by Crippen LogP contribution is 2.24. The number of rotatable bonds is 3. The topological polar surface area (TPSA) is 69.6 Å². The van der Waals surface area contributed by atoms with E-state index >= 15 is 0 Å². The maximum Gasteiger partial charge on any atom is 0.491 e. The molecule has 2 rings (SSSR count). The fourth-order valence-corrected chi connectivity index (χ4v) is 2.43. The van der Waals surface area contributed by atoms with Crippen LogP contribution in [0, 0.1) is 12.7 Å². The number of amides is 1. The number of anilines is 1. The molecule has 108 valence electrons. The van der Waals surface area contributed by atoms with Crippen molar-refractivity contribution in [1.29, 1.82) is 0 Å². The summed E-state index contributed by atoms with van der Waals surface area (Å²) in [5.41, 5.74) is 0.912. The van der Waals surface area contributed by atoms with Crippen LogP contribution < -0.4 is 10.8 Å². The van der Waals surface area contributed by atoms with E-state index in [-0.39, 0.29) is 11.0 Å². The van der Waals surface area contributed by atoms with E-state index in [0.717, 1.165) is 5.56 Å². The van der Waals surface area contributed by atoms with Gasteiger partial charge in [-0.05, 0) is 46.6 Å². The lowest BCUT2D eigenvalue weighted by molar-refractivity contribution is 0.102. The second-order valence-corrected chi connectivity index (χ2v) is 5.37. The van der Waals surface area contributed by atoms with Crippen LogP contribution in [0.1, 0.15) is 15.9 Å². The van der Waals surface area contributed by atoms with Gasteiger partial charge in [-0.25, -0.2) is 4.39 Å². The minimum absolute atomic E-state index is 0.256. The van der Waals surface area contributed by atoms with Gasteiger partial charge in [-0.3, -0.25) is 4.79 Å². The lowest BCUT2D eigenvalue weighted by Crippen LogP contribution is -2.34. The third-order valence-corrected chi connectivity index (χ3v) is 3.58. The van der Waals surface area contributed by atoms with Crippen LogP contribution in [0.4, 0.5) is 10.1 Å². The molecule has 21 heavy (non-hydrogen) atoms. The van der Waals surface area contributed by atoms with Gasteiger partial charge in [0.15, 0.2) is 0 Å². The number of halogens is 2. The van der Waals surface area contributed by atoms with E-state index in [1.807, 2.05) is 19.1 Å². The summed E-state index contributed by atoms with van der Waals surface area (Å²) in [5, 5.41) is 20.7. The Morgan fingerprint density at radius 1 is 1.29 bits per heavy atom. The van der Waals surface area contributed by atoms with Gasteiger partial charge >= 0.3 is 7.12 Å². The molecule has 0 radical (unpaired) electrons. The van der Waals surface area contributed by atoms with E-state index in [9.17, 15) is 9.18 Å². The van der Waals surface area contributed by atoms with Crippen LogP contribution in [0.25, 0.3) is 0 Å². The zero-order valence-corrected chi connectivity index (χ0v) is 12.7. The minimum Gasteiger partial charge on any atom is -0.423 e. The van der Waals surface area contributed by atoms with E-state index in [0.29, 0.717) is 10.2 Å². The number of carbonyl (C=O) groups excluding carboxylic acids is 1. The van der Waals surface area contributed by atoms with Crippen LogP contribution in [0.3, 0.4) is 0 Å². The van der Waals surface area contributed by atoms with Gasteiger partial charge in [-0.15, -0.1) is 0 Å². The highest BCUT2D eigenvalue weighted by atomic mass is 79.9. The van der Waals surface area contributed by atoms with E-state index in [4.69, 9.17) is 10.0 Å². The van der Waals surface area contributed by atoms with Gasteiger partial charge in [0.05, 0.1) is 11.3 Å². The van der Waals surface area contributed by atoms with Crippen molar-refractivity contribution in [1.82, 2.24) is 0 Å². The third kappa shape index (κ3) is 3.50. The van der Waals surface area contributed by atoms with E-state index < -0.39 is 18.8 Å². The lowest BCUT2D eigenvalue weighted by Gasteiger charge is -2.10. The number of nitrogens with one attached hydrogen (secondary N) is 1. The Bertz CT molecular complexity index is 694. The second-order valence-electron chi connectivity index (χ2n) is 4.52. The number of carbonyl (C=O) groups is 1. The molecule has 0 saturated carbocycles.